The van der Waals surface area contributed by atoms with Gasteiger partial charge in [-0.15, -0.1) is 0 Å². The number of amides is 1. The first kappa shape index (κ1) is 13.2. The van der Waals surface area contributed by atoms with Crippen molar-refractivity contribution in [1.82, 2.24) is 10.3 Å². The SMILES string of the molecule is O=C(Cc1ccccn1)NC(CO)c1ccccc1. The molecule has 0 radical (unpaired) electrons. The van der Waals surface area contributed by atoms with E-state index in [1.807, 2.05) is 42.5 Å². The Kier molecular flexibility index (Phi) is 4.64. The molecule has 1 atom stereocenters. The van der Waals surface area contributed by atoms with Gasteiger partial charge in [0, 0.05) is 11.9 Å². The first-order valence-electron chi connectivity index (χ1n) is 6.14. The normalized spacial score (nSPS) is 11.8. The molecule has 0 aliphatic carbocycles. The molecular formula is C15H16N2O2. The number of nitrogens with one attached hydrogen (secondary N) is 1. The van der Waals surface area contributed by atoms with Crippen LogP contribution >= 0.6 is 0 Å². The van der Waals surface area contributed by atoms with E-state index < -0.39 is 0 Å². The Balaban J connectivity index is 1.97. The van der Waals surface area contributed by atoms with Gasteiger partial charge in [-0.05, 0) is 17.7 Å². The van der Waals surface area contributed by atoms with Crippen molar-refractivity contribution in [1.29, 1.82) is 0 Å². The minimum atomic E-state index is -0.377. The summed E-state index contributed by atoms with van der Waals surface area (Å²) in [6.45, 7) is -0.127. The number of hydrogen-bond acceptors (Lipinski definition) is 3. The third-order valence-electron chi connectivity index (χ3n) is 2.79. The molecule has 2 N–H and O–H groups in total. The molecule has 0 aliphatic heterocycles. The van der Waals surface area contributed by atoms with Crippen molar-refractivity contribution < 1.29 is 9.90 Å². The van der Waals surface area contributed by atoms with Crippen LogP contribution in [0.5, 0.6) is 0 Å². The number of aliphatic hydroxyl groups excluding tert-OH is 1. The Morgan fingerprint density at radius 1 is 1.16 bits per heavy atom. The fourth-order valence-electron chi connectivity index (χ4n) is 1.83. The number of rotatable bonds is 5. The molecule has 0 spiro atoms. The number of carbonyl (C=O) groups is 1. The molecular weight excluding hydrogens is 240 g/mol. The Morgan fingerprint density at radius 3 is 2.53 bits per heavy atom. The maximum absolute atomic E-state index is 11.9. The number of aliphatic hydroxyl groups is 1. The molecule has 1 heterocycles. The molecule has 0 saturated heterocycles. The summed E-state index contributed by atoms with van der Waals surface area (Å²) in [5.41, 5.74) is 1.60. The molecule has 4 heteroatoms. The van der Waals surface area contributed by atoms with E-state index in [1.54, 1.807) is 12.3 Å². The molecule has 0 bridgehead atoms. The number of aromatic nitrogens is 1. The lowest BCUT2D eigenvalue weighted by Crippen LogP contribution is -2.32. The number of nitrogens with zero attached hydrogens (tertiary/aromatic N) is 1. The highest BCUT2D eigenvalue weighted by atomic mass is 16.3. The van der Waals surface area contributed by atoms with Gasteiger partial charge in [0.15, 0.2) is 0 Å². The summed E-state index contributed by atoms with van der Waals surface area (Å²) in [5.74, 6) is -0.151. The number of benzene rings is 1. The molecule has 1 aromatic carbocycles. The number of hydrogen-bond donors (Lipinski definition) is 2. The molecule has 2 rings (SSSR count). The van der Waals surface area contributed by atoms with Crippen molar-refractivity contribution in [2.45, 2.75) is 12.5 Å². The fraction of sp³-hybridized carbons (Fsp3) is 0.200. The van der Waals surface area contributed by atoms with Gasteiger partial charge in [0.05, 0.1) is 19.1 Å². The Labute approximate surface area is 112 Å². The molecule has 2 aromatic rings. The van der Waals surface area contributed by atoms with Crippen molar-refractivity contribution >= 4 is 5.91 Å². The molecule has 0 saturated carbocycles. The minimum absolute atomic E-state index is 0.127. The van der Waals surface area contributed by atoms with Gasteiger partial charge < -0.3 is 10.4 Å². The van der Waals surface area contributed by atoms with Crippen molar-refractivity contribution in [2.75, 3.05) is 6.61 Å². The first-order valence-corrected chi connectivity index (χ1v) is 6.14. The summed E-state index contributed by atoms with van der Waals surface area (Å²) in [6.07, 6.45) is 1.87. The third-order valence-corrected chi connectivity index (χ3v) is 2.79. The van der Waals surface area contributed by atoms with Crippen molar-refractivity contribution in [3.8, 4) is 0 Å². The van der Waals surface area contributed by atoms with E-state index in [1.165, 1.54) is 0 Å². The molecule has 0 aliphatic rings. The maximum atomic E-state index is 11.9. The quantitative estimate of drug-likeness (QED) is 0.851. The monoisotopic (exact) mass is 256 g/mol. The lowest BCUT2D eigenvalue weighted by molar-refractivity contribution is -0.121. The minimum Gasteiger partial charge on any atom is -0.394 e. The van der Waals surface area contributed by atoms with Gasteiger partial charge in [0.2, 0.25) is 5.91 Å². The van der Waals surface area contributed by atoms with E-state index in [4.69, 9.17) is 0 Å². The predicted octanol–water partition coefficient (Wildman–Crippen LogP) is 1.47. The molecule has 98 valence electrons. The van der Waals surface area contributed by atoms with Gasteiger partial charge in [-0.1, -0.05) is 36.4 Å². The van der Waals surface area contributed by atoms with Crippen molar-refractivity contribution in [2.24, 2.45) is 0 Å². The molecule has 4 nitrogen and oxygen atoms in total. The second-order valence-electron chi connectivity index (χ2n) is 4.21. The Bertz CT molecular complexity index is 514. The van der Waals surface area contributed by atoms with Crippen LogP contribution in [0.1, 0.15) is 17.3 Å². The molecule has 1 amide bonds. The smallest absolute Gasteiger partial charge is 0.226 e. The van der Waals surface area contributed by atoms with E-state index in [9.17, 15) is 9.90 Å². The van der Waals surface area contributed by atoms with Gasteiger partial charge >= 0.3 is 0 Å². The molecule has 0 fully saturated rings. The van der Waals surface area contributed by atoms with Gasteiger partial charge in [-0.25, -0.2) is 0 Å². The van der Waals surface area contributed by atoms with E-state index in [2.05, 4.69) is 10.3 Å². The van der Waals surface area contributed by atoms with Crippen LogP contribution in [0.15, 0.2) is 54.7 Å². The average Bonchev–Trinajstić information content (AvgIpc) is 2.47. The summed E-state index contributed by atoms with van der Waals surface area (Å²) < 4.78 is 0. The van der Waals surface area contributed by atoms with Crippen LogP contribution < -0.4 is 5.32 Å². The van der Waals surface area contributed by atoms with Gasteiger partial charge in [-0.3, -0.25) is 9.78 Å². The van der Waals surface area contributed by atoms with Crippen molar-refractivity contribution in [3.63, 3.8) is 0 Å². The van der Waals surface area contributed by atoms with Crippen LogP contribution in [0, 0.1) is 0 Å². The van der Waals surface area contributed by atoms with Crippen LogP contribution in [0.3, 0.4) is 0 Å². The van der Waals surface area contributed by atoms with E-state index in [0.717, 1.165) is 5.56 Å². The van der Waals surface area contributed by atoms with E-state index >= 15 is 0 Å². The van der Waals surface area contributed by atoms with Gasteiger partial charge in [0.25, 0.3) is 0 Å². The predicted molar refractivity (Wildman–Crippen MR) is 72.4 cm³/mol. The van der Waals surface area contributed by atoms with E-state index in [0.29, 0.717) is 5.69 Å². The zero-order valence-corrected chi connectivity index (χ0v) is 10.5. The Morgan fingerprint density at radius 2 is 1.89 bits per heavy atom. The average molecular weight is 256 g/mol. The lowest BCUT2D eigenvalue weighted by atomic mass is 10.1. The first-order chi connectivity index (χ1) is 9.29. The van der Waals surface area contributed by atoms with Crippen LogP contribution in [0.4, 0.5) is 0 Å². The lowest BCUT2D eigenvalue weighted by Gasteiger charge is -2.16. The molecule has 19 heavy (non-hydrogen) atoms. The standard InChI is InChI=1S/C15H16N2O2/c18-11-14(12-6-2-1-3-7-12)17-15(19)10-13-8-4-5-9-16-13/h1-9,14,18H,10-11H2,(H,17,19). The fourth-order valence-corrected chi connectivity index (χ4v) is 1.83. The summed E-state index contributed by atoms with van der Waals surface area (Å²) in [5, 5.41) is 12.2. The van der Waals surface area contributed by atoms with Crippen LogP contribution in [0.2, 0.25) is 0 Å². The summed E-state index contributed by atoms with van der Waals surface area (Å²) in [4.78, 5) is 16.0. The third kappa shape index (κ3) is 3.89. The van der Waals surface area contributed by atoms with Crippen LogP contribution in [-0.2, 0) is 11.2 Å². The summed E-state index contributed by atoms with van der Waals surface area (Å²) in [7, 11) is 0. The van der Waals surface area contributed by atoms with E-state index in [-0.39, 0.29) is 25.0 Å². The largest absolute Gasteiger partial charge is 0.394 e. The highest BCUT2D eigenvalue weighted by molar-refractivity contribution is 5.78. The van der Waals surface area contributed by atoms with Gasteiger partial charge in [-0.2, -0.15) is 0 Å². The Hall–Kier alpha value is -2.20. The molecule has 1 unspecified atom stereocenters. The van der Waals surface area contributed by atoms with Crippen LogP contribution in [-0.4, -0.2) is 22.6 Å². The zero-order chi connectivity index (χ0) is 13.5. The second-order valence-corrected chi connectivity index (χ2v) is 4.21. The number of pyridine rings is 1. The van der Waals surface area contributed by atoms with Gasteiger partial charge in [0.1, 0.15) is 0 Å². The number of carbonyl (C=O) groups excluding carboxylic acids is 1. The summed E-state index contributed by atoms with van der Waals surface area (Å²) in [6, 6.07) is 14.5. The second kappa shape index (κ2) is 6.66. The van der Waals surface area contributed by atoms with Crippen molar-refractivity contribution in [3.05, 3.63) is 66.0 Å². The van der Waals surface area contributed by atoms with Crippen LogP contribution in [0.25, 0.3) is 0 Å². The highest BCUT2D eigenvalue weighted by Gasteiger charge is 2.13. The maximum Gasteiger partial charge on any atom is 0.226 e. The molecule has 1 aromatic heterocycles. The topological polar surface area (TPSA) is 62.2 Å². The zero-order valence-electron chi connectivity index (χ0n) is 10.5. The highest BCUT2D eigenvalue weighted by Crippen LogP contribution is 2.11. The summed E-state index contributed by atoms with van der Waals surface area (Å²) >= 11 is 0.